The molecule has 0 unspecified atom stereocenters. The monoisotopic (exact) mass is 563 g/mol. The van der Waals surface area contributed by atoms with Gasteiger partial charge in [-0.25, -0.2) is 0 Å². The Kier molecular flexibility index (Phi) is 6.20. The largest absolute Gasteiger partial charge is 0.309 e. The first-order valence-corrected chi connectivity index (χ1v) is 15.4. The summed E-state index contributed by atoms with van der Waals surface area (Å²) in [5.74, 6) is 0. The van der Waals surface area contributed by atoms with Crippen LogP contribution in [0.1, 0.15) is 25.0 Å². The third-order valence-electron chi connectivity index (χ3n) is 9.25. The molecule has 0 saturated heterocycles. The predicted octanol–water partition coefficient (Wildman–Crippen LogP) is 11.9. The number of hydrogen-bond donors (Lipinski definition) is 0. The molecule has 7 aromatic carbocycles. The average molecular weight is 564 g/mol. The van der Waals surface area contributed by atoms with Crippen molar-refractivity contribution < 1.29 is 0 Å². The van der Waals surface area contributed by atoms with Crippen molar-refractivity contribution in [2.24, 2.45) is 0 Å². The quantitative estimate of drug-likeness (QED) is 0.201. The SMILES string of the molecule is CC1(C)c2cc3ccccc3cc2-c2c(N(c3ccccc3)c3ccccc3-c3ccccc3-c3ccccc3)cccc21. The zero-order valence-corrected chi connectivity index (χ0v) is 25.0. The van der Waals surface area contributed by atoms with Crippen molar-refractivity contribution in [1.29, 1.82) is 0 Å². The molecule has 210 valence electrons. The maximum Gasteiger partial charge on any atom is 0.0543 e. The summed E-state index contributed by atoms with van der Waals surface area (Å²) >= 11 is 0. The van der Waals surface area contributed by atoms with Crippen molar-refractivity contribution in [3.05, 3.63) is 175 Å². The van der Waals surface area contributed by atoms with Crippen LogP contribution in [-0.2, 0) is 5.41 Å². The van der Waals surface area contributed by atoms with Crippen molar-refractivity contribution in [3.8, 4) is 33.4 Å². The Balaban J connectivity index is 1.41. The molecule has 1 heteroatoms. The Morgan fingerprint density at radius 2 is 0.977 bits per heavy atom. The highest BCUT2D eigenvalue weighted by Gasteiger charge is 2.38. The summed E-state index contributed by atoms with van der Waals surface area (Å²) in [6, 6.07) is 59.5. The van der Waals surface area contributed by atoms with Gasteiger partial charge in [-0.2, -0.15) is 0 Å². The normalized spacial score (nSPS) is 13.0. The van der Waals surface area contributed by atoms with E-state index in [1.807, 2.05) is 0 Å². The van der Waals surface area contributed by atoms with E-state index in [9.17, 15) is 0 Å². The maximum atomic E-state index is 2.47. The summed E-state index contributed by atoms with van der Waals surface area (Å²) in [5, 5.41) is 2.56. The molecule has 0 N–H and O–H groups in total. The fraction of sp³-hybridized carbons (Fsp3) is 0.0698. The molecule has 0 amide bonds. The van der Waals surface area contributed by atoms with E-state index in [1.165, 1.54) is 61.0 Å². The van der Waals surface area contributed by atoms with E-state index in [2.05, 4.69) is 183 Å². The van der Waals surface area contributed by atoms with Crippen LogP contribution in [0.15, 0.2) is 164 Å². The first-order valence-electron chi connectivity index (χ1n) is 15.4. The molecule has 0 radical (unpaired) electrons. The molecule has 8 rings (SSSR count). The summed E-state index contributed by atoms with van der Waals surface area (Å²) < 4.78 is 0. The summed E-state index contributed by atoms with van der Waals surface area (Å²) in [5.41, 5.74) is 13.6. The van der Waals surface area contributed by atoms with E-state index < -0.39 is 0 Å². The topological polar surface area (TPSA) is 3.24 Å². The van der Waals surface area contributed by atoms with E-state index >= 15 is 0 Å². The van der Waals surface area contributed by atoms with Crippen molar-refractivity contribution in [1.82, 2.24) is 0 Å². The van der Waals surface area contributed by atoms with E-state index in [4.69, 9.17) is 0 Å². The van der Waals surface area contributed by atoms with Gasteiger partial charge in [0.1, 0.15) is 0 Å². The van der Waals surface area contributed by atoms with Crippen LogP contribution >= 0.6 is 0 Å². The van der Waals surface area contributed by atoms with Crippen LogP contribution in [0.3, 0.4) is 0 Å². The Labute approximate surface area is 259 Å². The van der Waals surface area contributed by atoms with Crippen LogP contribution in [0.4, 0.5) is 17.1 Å². The van der Waals surface area contributed by atoms with Gasteiger partial charge >= 0.3 is 0 Å². The van der Waals surface area contributed by atoms with Crippen molar-refractivity contribution in [3.63, 3.8) is 0 Å². The molecule has 0 spiro atoms. The number of anilines is 3. The van der Waals surface area contributed by atoms with Gasteiger partial charge in [-0.1, -0.05) is 141 Å². The van der Waals surface area contributed by atoms with E-state index in [0.29, 0.717) is 0 Å². The molecule has 0 bridgehead atoms. The van der Waals surface area contributed by atoms with Crippen molar-refractivity contribution >= 4 is 27.8 Å². The minimum absolute atomic E-state index is 0.119. The highest BCUT2D eigenvalue weighted by Crippen LogP contribution is 2.55. The van der Waals surface area contributed by atoms with Crippen LogP contribution in [0.25, 0.3) is 44.2 Å². The molecule has 1 nitrogen and oxygen atoms in total. The third kappa shape index (κ3) is 4.16. The van der Waals surface area contributed by atoms with Gasteiger partial charge in [-0.3, -0.25) is 0 Å². The van der Waals surface area contributed by atoms with Gasteiger partial charge in [0, 0.05) is 22.2 Å². The van der Waals surface area contributed by atoms with Crippen LogP contribution in [0.2, 0.25) is 0 Å². The molecule has 0 atom stereocenters. The second-order valence-electron chi connectivity index (χ2n) is 12.2. The zero-order valence-electron chi connectivity index (χ0n) is 25.0. The van der Waals surface area contributed by atoms with Crippen LogP contribution in [-0.4, -0.2) is 0 Å². The first-order chi connectivity index (χ1) is 21.6. The van der Waals surface area contributed by atoms with E-state index in [0.717, 1.165) is 11.4 Å². The Morgan fingerprint density at radius 1 is 0.409 bits per heavy atom. The highest BCUT2D eigenvalue weighted by atomic mass is 15.1. The fourth-order valence-electron chi connectivity index (χ4n) is 7.11. The van der Waals surface area contributed by atoms with Gasteiger partial charge in [0.15, 0.2) is 0 Å². The molecule has 0 fully saturated rings. The zero-order chi connectivity index (χ0) is 29.7. The molecule has 0 aliphatic heterocycles. The van der Waals surface area contributed by atoms with Crippen LogP contribution < -0.4 is 4.90 Å². The van der Waals surface area contributed by atoms with Crippen molar-refractivity contribution in [2.75, 3.05) is 4.90 Å². The molecular formula is C43H33N. The molecule has 1 aliphatic carbocycles. The Hall–Kier alpha value is -5.40. The molecule has 44 heavy (non-hydrogen) atoms. The predicted molar refractivity (Wildman–Crippen MR) is 187 cm³/mol. The fourth-order valence-corrected chi connectivity index (χ4v) is 7.11. The highest BCUT2D eigenvalue weighted by molar-refractivity contribution is 6.02. The number of para-hydroxylation sites is 2. The second kappa shape index (κ2) is 10.4. The standard InChI is InChI=1S/C43H33N/c1-43(2)38-25-15-27-41(42(38)37-28-31-18-9-10-19-32(31)29-39(37)43)44(33-20-7-4-8-21-33)40-26-14-13-24-36(40)35-23-12-11-22-34(35)30-16-5-3-6-17-30/h3-29H,1-2H3. The number of hydrogen-bond acceptors (Lipinski definition) is 1. The second-order valence-corrected chi connectivity index (χ2v) is 12.2. The molecular weight excluding hydrogens is 530 g/mol. The molecule has 7 aromatic rings. The van der Waals surface area contributed by atoms with Gasteiger partial charge in [0.2, 0.25) is 0 Å². The summed E-state index contributed by atoms with van der Waals surface area (Å²) in [6.45, 7) is 4.74. The maximum absolute atomic E-state index is 2.47. The first kappa shape index (κ1) is 26.2. The molecule has 0 heterocycles. The van der Waals surface area contributed by atoms with Crippen molar-refractivity contribution in [2.45, 2.75) is 19.3 Å². The lowest BCUT2D eigenvalue weighted by Gasteiger charge is -2.31. The Morgan fingerprint density at radius 3 is 1.73 bits per heavy atom. The molecule has 0 aromatic heterocycles. The van der Waals surface area contributed by atoms with Gasteiger partial charge in [-0.05, 0) is 80.6 Å². The van der Waals surface area contributed by atoms with Gasteiger partial charge in [-0.15, -0.1) is 0 Å². The average Bonchev–Trinajstić information content (AvgIpc) is 3.31. The van der Waals surface area contributed by atoms with Gasteiger partial charge in [0.05, 0.1) is 11.4 Å². The third-order valence-corrected chi connectivity index (χ3v) is 9.25. The molecule has 0 saturated carbocycles. The summed E-state index contributed by atoms with van der Waals surface area (Å²) in [6.07, 6.45) is 0. The lowest BCUT2D eigenvalue weighted by Crippen LogP contribution is -2.16. The lowest BCUT2D eigenvalue weighted by atomic mass is 9.82. The number of rotatable bonds is 5. The van der Waals surface area contributed by atoms with Crippen LogP contribution in [0.5, 0.6) is 0 Å². The van der Waals surface area contributed by atoms with Gasteiger partial charge in [0.25, 0.3) is 0 Å². The minimum Gasteiger partial charge on any atom is -0.309 e. The smallest absolute Gasteiger partial charge is 0.0543 e. The lowest BCUT2D eigenvalue weighted by molar-refractivity contribution is 0.661. The Bertz CT molecular complexity index is 2140. The summed E-state index contributed by atoms with van der Waals surface area (Å²) in [7, 11) is 0. The molecule has 1 aliphatic rings. The van der Waals surface area contributed by atoms with Gasteiger partial charge < -0.3 is 4.90 Å². The summed E-state index contributed by atoms with van der Waals surface area (Å²) in [4.78, 5) is 2.47. The van der Waals surface area contributed by atoms with E-state index in [-0.39, 0.29) is 5.41 Å². The number of nitrogens with zero attached hydrogens (tertiary/aromatic N) is 1. The number of benzene rings is 7. The number of fused-ring (bicyclic) bond motifs is 4. The van der Waals surface area contributed by atoms with E-state index in [1.54, 1.807) is 0 Å². The minimum atomic E-state index is -0.119. The van der Waals surface area contributed by atoms with Crippen LogP contribution in [0, 0.1) is 0 Å².